The zero-order valence-electron chi connectivity index (χ0n) is 19.3. The van der Waals surface area contributed by atoms with Crippen molar-refractivity contribution >= 4 is 5.82 Å². The summed E-state index contributed by atoms with van der Waals surface area (Å²) in [6.45, 7) is 6.28. The van der Waals surface area contributed by atoms with Crippen LogP contribution in [0.4, 0.5) is 19.0 Å². The number of alkyl halides is 3. The van der Waals surface area contributed by atoms with Gasteiger partial charge in [-0.2, -0.15) is 18.3 Å². The fraction of sp³-hybridized carbons (Fsp3) is 0.667. The monoisotopic (exact) mass is 463 g/mol. The molecule has 33 heavy (non-hydrogen) atoms. The summed E-state index contributed by atoms with van der Waals surface area (Å²) in [5.41, 5.74) is 6.57. The van der Waals surface area contributed by atoms with Crippen molar-refractivity contribution in [1.29, 1.82) is 0 Å². The number of aromatic nitrogens is 3. The first-order valence-electron chi connectivity index (χ1n) is 11.9. The summed E-state index contributed by atoms with van der Waals surface area (Å²) >= 11 is 0. The SMILES string of the molecule is COC1CCCN(C2C[C@@H]3C(c4cc(-c5cnc(N)c(C(F)(F)F)c5)nn4C(C)C)[C@@H]3C2)C1. The van der Waals surface area contributed by atoms with Gasteiger partial charge < -0.3 is 10.5 Å². The normalized spacial score (nSPS) is 30.1. The van der Waals surface area contributed by atoms with Crippen LogP contribution in [0, 0.1) is 11.8 Å². The van der Waals surface area contributed by atoms with Crippen LogP contribution in [-0.4, -0.2) is 52.0 Å². The maximum absolute atomic E-state index is 13.3. The minimum atomic E-state index is -4.55. The van der Waals surface area contributed by atoms with Gasteiger partial charge in [-0.1, -0.05) is 0 Å². The molecule has 2 aromatic rings. The van der Waals surface area contributed by atoms with E-state index in [1.54, 1.807) is 7.11 Å². The lowest BCUT2D eigenvalue weighted by atomic mass is 9.99. The Morgan fingerprint density at radius 2 is 1.91 bits per heavy atom. The number of pyridine rings is 1. The summed E-state index contributed by atoms with van der Waals surface area (Å²) in [6, 6.07) is 3.76. The number of fused-ring (bicyclic) bond motifs is 1. The van der Waals surface area contributed by atoms with Crippen LogP contribution < -0.4 is 5.73 Å². The third-order valence-corrected chi connectivity index (χ3v) is 7.79. The van der Waals surface area contributed by atoms with E-state index in [2.05, 4.69) is 23.7 Å². The number of likely N-dealkylation sites (tertiary alicyclic amines) is 1. The molecule has 0 radical (unpaired) electrons. The molecule has 180 valence electrons. The molecule has 1 aliphatic heterocycles. The Bertz CT molecular complexity index is 1010. The molecule has 3 heterocycles. The highest BCUT2D eigenvalue weighted by atomic mass is 19.4. The van der Waals surface area contributed by atoms with Crippen LogP contribution in [0.5, 0.6) is 0 Å². The Morgan fingerprint density at radius 3 is 2.55 bits per heavy atom. The third-order valence-electron chi connectivity index (χ3n) is 7.79. The number of hydrogen-bond acceptors (Lipinski definition) is 5. The van der Waals surface area contributed by atoms with E-state index in [1.807, 2.05) is 10.7 Å². The topological polar surface area (TPSA) is 69.2 Å². The summed E-state index contributed by atoms with van der Waals surface area (Å²) in [6.07, 6.45) is 1.85. The summed E-state index contributed by atoms with van der Waals surface area (Å²) < 4.78 is 47.6. The molecular weight excluding hydrogens is 431 g/mol. The number of halogens is 3. The number of rotatable bonds is 5. The lowest BCUT2D eigenvalue weighted by Crippen LogP contribution is -2.44. The van der Waals surface area contributed by atoms with Gasteiger partial charge in [0.05, 0.1) is 17.4 Å². The second-order valence-corrected chi connectivity index (χ2v) is 10.1. The summed E-state index contributed by atoms with van der Waals surface area (Å²) in [5, 5.41) is 4.69. The van der Waals surface area contributed by atoms with E-state index in [-0.39, 0.29) is 6.04 Å². The van der Waals surface area contributed by atoms with Gasteiger partial charge in [0.2, 0.25) is 0 Å². The maximum atomic E-state index is 13.3. The molecule has 3 aliphatic rings. The minimum absolute atomic E-state index is 0.124. The van der Waals surface area contributed by atoms with Crippen LogP contribution in [-0.2, 0) is 10.9 Å². The molecular formula is C24H32F3N5O. The number of piperidine rings is 1. The molecule has 0 spiro atoms. The van der Waals surface area contributed by atoms with Crippen molar-refractivity contribution in [1.82, 2.24) is 19.7 Å². The Morgan fingerprint density at radius 1 is 1.18 bits per heavy atom. The van der Waals surface area contributed by atoms with Gasteiger partial charge in [-0.05, 0) is 70.0 Å². The maximum Gasteiger partial charge on any atom is 0.419 e. The third kappa shape index (κ3) is 4.14. The van der Waals surface area contributed by atoms with Crippen molar-refractivity contribution < 1.29 is 17.9 Å². The van der Waals surface area contributed by atoms with Crippen LogP contribution in [0.15, 0.2) is 18.3 Å². The number of nitrogens with zero attached hydrogens (tertiary/aromatic N) is 4. The van der Waals surface area contributed by atoms with Gasteiger partial charge >= 0.3 is 6.18 Å². The Balaban J connectivity index is 1.35. The van der Waals surface area contributed by atoms with E-state index in [0.29, 0.717) is 41.2 Å². The lowest BCUT2D eigenvalue weighted by Gasteiger charge is -2.37. The van der Waals surface area contributed by atoms with Crippen molar-refractivity contribution in [2.45, 2.75) is 69.8 Å². The molecule has 5 atom stereocenters. The van der Waals surface area contributed by atoms with Gasteiger partial charge in [-0.15, -0.1) is 0 Å². The Labute approximate surface area is 192 Å². The Kier molecular flexibility index (Phi) is 5.68. The van der Waals surface area contributed by atoms with Crippen LogP contribution in [0.3, 0.4) is 0 Å². The molecule has 0 amide bonds. The van der Waals surface area contributed by atoms with Gasteiger partial charge in [-0.25, -0.2) is 4.98 Å². The van der Waals surface area contributed by atoms with Gasteiger partial charge in [-0.3, -0.25) is 9.58 Å². The molecule has 2 aliphatic carbocycles. The van der Waals surface area contributed by atoms with E-state index in [4.69, 9.17) is 15.6 Å². The van der Waals surface area contributed by atoms with Crippen LogP contribution in [0.2, 0.25) is 0 Å². The second kappa shape index (κ2) is 8.27. The highest BCUT2D eigenvalue weighted by Gasteiger charge is 2.58. The van der Waals surface area contributed by atoms with Gasteiger partial charge in [0.15, 0.2) is 0 Å². The molecule has 0 aromatic carbocycles. The highest BCUT2D eigenvalue weighted by molar-refractivity contribution is 5.63. The van der Waals surface area contributed by atoms with Crippen molar-refractivity contribution in [3.05, 3.63) is 29.6 Å². The molecule has 6 nitrogen and oxygen atoms in total. The second-order valence-electron chi connectivity index (χ2n) is 10.1. The molecule has 1 saturated heterocycles. The van der Waals surface area contributed by atoms with Crippen molar-refractivity contribution in [3.63, 3.8) is 0 Å². The van der Waals surface area contributed by atoms with E-state index < -0.39 is 17.6 Å². The lowest BCUT2D eigenvalue weighted by molar-refractivity contribution is -0.137. The van der Waals surface area contributed by atoms with Crippen LogP contribution in [0.1, 0.15) is 62.7 Å². The first-order chi connectivity index (χ1) is 15.7. The van der Waals surface area contributed by atoms with Gasteiger partial charge in [0.1, 0.15) is 5.82 Å². The number of anilines is 1. The molecule has 3 fully saturated rings. The average Bonchev–Trinajstić information content (AvgIpc) is 3.13. The minimum Gasteiger partial charge on any atom is -0.383 e. The van der Waals surface area contributed by atoms with Gasteiger partial charge in [0, 0.05) is 49.1 Å². The van der Waals surface area contributed by atoms with Crippen LogP contribution in [0.25, 0.3) is 11.3 Å². The Hall–Kier alpha value is -2.13. The zero-order chi connectivity index (χ0) is 23.5. The van der Waals surface area contributed by atoms with Crippen molar-refractivity contribution in [2.24, 2.45) is 11.8 Å². The smallest absolute Gasteiger partial charge is 0.383 e. The number of hydrogen-bond donors (Lipinski definition) is 1. The quantitative estimate of drug-likeness (QED) is 0.694. The molecule has 5 rings (SSSR count). The number of ether oxygens (including phenoxy) is 1. The summed E-state index contributed by atoms with van der Waals surface area (Å²) in [5.74, 6) is 1.16. The fourth-order valence-corrected chi connectivity index (χ4v) is 6.09. The largest absolute Gasteiger partial charge is 0.419 e. The van der Waals surface area contributed by atoms with Crippen LogP contribution >= 0.6 is 0 Å². The fourth-order valence-electron chi connectivity index (χ4n) is 6.09. The van der Waals surface area contributed by atoms with E-state index in [0.717, 1.165) is 31.3 Å². The molecule has 2 saturated carbocycles. The first-order valence-corrected chi connectivity index (χ1v) is 11.9. The molecule has 0 bridgehead atoms. The summed E-state index contributed by atoms with van der Waals surface area (Å²) in [7, 11) is 1.80. The van der Waals surface area contributed by atoms with Gasteiger partial charge in [0.25, 0.3) is 0 Å². The highest BCUT2D eigenvalue weighted by Crippen LogP contribution is 2.64. The van der Waals surface area contributed by atoms with Crippen molar-refractivity contribution in [2.75, 3.05) is 25.9 Å². The number of methoxy groups -OCH3 is 1. The standard InChI is InChI=1S/C24H32F3N5O/c1-13(2)32-21(10-20(30-32)14-7-19(24(25,26)27)23(28)29-11-14)22-17-8-15(9-18(17)22)31-6-4-5-16(12-31)33-3/h7,10-11,13,15-18,22H,4-6,8-9,12H2,1-3H3,(H2,28,29)/t15?,16?,17-,18+,22?. The number of nitrogens with two attached hydrogens (primary N) is 1. The number of nitrogen functional groups attached to an aromatic ring is 1. The van der Waals surface area contributed by atoms with E-state index in [9.17, 15) is 13.2 Å². The van der Waals surface area contributed by atoms with E-state index >= 15 is 0 Å². The predicted octanol–water partition coefficient (Wildman–Crippen LogP) is 4.73. The molecule has 3 unspecified atom stereocenters. The first kappa shape index (κ1) is 22.7. The van der Waals surface area contributed by atoms with E-state index in [1.165, 1.54) is 25.5 Å². The van der Waals surface area contributed by atoms with Crippen molar-refractivity contribution in [3.8, 4) is 11.3 Å². The molecule has 2 aromatic heterocycles. The molecule has 9 heteroatoms. The average molecular weight is 464 g/mol. The summed E-state index contributed by atoms with van der Waals surface area (Å²) in [4.78, 5) is 6.39. The zero-order valence-corrected chi connectivity index (χ0v) is 19.3. The predicted molar refractivity (Wildman–Crippen MR) is 120 cm³/mol. The molecule has 2 N–H and O–H groups in total.